The van der Waals surface area contributed by atoms with Crippen LogP contribution in [0.2, 0.25) is 0 Å². The predicted octanol–water partition coefficient (Wildman–Crippen LogP) is 1.82. The number of hydrogen-bond acceptors (Lipinski definition) is 4. The quantitative estimate of drug-likeness (QED) is 0.742. The van der Waals surface area contributed by atoms with E-state index >= 15 is 0 Å². The normalized spacial score (nSPS) is 10.8. The number of fused-ring (bicyclic) bond motifs is 1. The third kappa shape index (κ3) is 1.95. The fraction of sp³-hybridized carbons (Fsp3) is 0. The summed E-state index contributed by atoms with van der Waals surface area (Å²) >= 11 is 0. The van der Waals surface area contributed by atoms with Gasteiger partial charge in [-0.15, -0.1) is 5.10 Å². The number of nitrogen functional groups attached to an aromatic ring is 1. The second-order valence-electron chi connectivity index (χ2n) is 4.19. The molecule has 0 aliphatic rings. The van der Waals surface area contributed by atoms with E-state index in [1.54, 1.807) is 0 Å². The van der Waals surface area contributed by atoms with Gasteiger partial charge in [0.05, 0.1) is 5.56 Å². The van der Waals surface area contributed by atoms with Gasteiger partial charge in [0.25, 0.3) is 0 Å². The van der Waals surface area contributed by atoms with Gasteiger partial charge in [0.15, 0.2) is 5.65 Å². The largest absolute Gasteiger partial charge is 0.478 e. The Morgan fingerprint density at radius 2 is 2.00 bits per heavy atom. The summed E-state index contributed by atoms with van der Waals surface area (Å²) in [6.07, 6.45) is 1.51. The van der Waals surface area contributed by atoms with E-state index in [0.717, 1.165) is 0 Å². The number of anilines is 1. The summed E-state index contributed by atoms with van der Waals surface area (Å²) in [6, 6.07) is 6.92. The lowest BCUT2D eigenvalue weighted by atomic mass is 10.0. The molecule has 0 radical (unpaired) electrons. The first kappa shape index (κ1) is 12.1. The van der Waals surface area contributed by atoms with Crippen LogP contribution in [-0.4, -0.2) is 25.7 Å². The van der Waals surface area contributed by atoms with Crippen molar-refractivity contribution in [1.82, 2.24) is 14.6 Å². The zero-order chi connectivity index (χ0) is 14.3. The highest BCUT2D eigenvalue weighted by Crippen LogP contribution is 2.25. The van der Waals surface area contributed by atoms with Crippen LogP contribution in [0.4, 0.5) is 10.3 Å². The Hall–Kier alpha value is -2.96. The third-order valence-electron chi connectivity index (χ3n) is 2.87. The molecule has 0 spiro atoms. The Morgan fingerprint density at radius 3 is 2.65 bits per heavy atom. The number of benzene rings is 1. The van der Waals surface area contributed by atoms with Gasteiger partial charge in [-0.3, -0.25) is 0 Å². The number of hydrogen-bond donors (Lipinski definition) is 2. The standard InChI is InChI=1S/C13H9FN4O2/c14-8-3-1-7(2-4-8)10-6-18-11(16-13(15)17-18)5-9(10)12(19)20/h1-6H,(H2,15,17)(H,19,20). The first-order chi connectivity index (χ1) is 9.54. The number of nitrogens with zero attached hydrogens (tertiary/aromatic N) is 3. The number of aromatic nitrogens is 3. The van der Waals surface area contributed by atoms with E-state index < -0.39 is 11.8 Å². The van der Waals surface area contributed by atoms with Crippen LogP contribution in [0.1, 0.15) is 10.4 Å². The summed E-state index contributed by atoms with van der Waals surface area (Å²) in [5.74, 6) is -1.44. The minimum atomic E-state index is -1.10. The molecule has 3 N–H and O–H groups in total. The fourth-order valence-corrected chi connectivity index (χ4v) is 1.98. The molecule has 2 heterocycles. The third-order valence-corrected chi connectivity index (χ3v) is 2.87. The highest BCUT2D eigenvalue weighted by Gasteiger charge is 2.15. The van der Waals surface area contributed by atoms with E-state index in [4.69, 9.17) is 5.73 Å². The van der Waals surface area contributed by atoms with Gasteiger partial charge < -0.3 is 10.8 Å². The molecule has 3 rings (SSSR count). The number of pyridine rings is 1. The smallest absolute Gasteiger partial charge is 0.336 e. The van der Waals surface area contributed by atoms with Crippen molar-refractivity contribution in [2.45, 2.75) is 0 Å². The van der Waals surface area contributed by atoms with Crippen LogP contribution >= 0.6 is 0 Å². The van der Waals surface area contributed by atoms with Crippen molar-refractivity contribution in [2.75, 3.05) is 5.73 Å². The summed E-state index contributed by atoms with van der Waals surface area (Å²) in [4.78, 5) is 15.3. The molecule has 2 aromatic heterocycles. The first-order valence-electron chi connectivity index (χ1n) is 5.70. The maximum absolute atomic E-state index is 13.0. The Bertz CT molecular complexity index is 811. The van der Waals surface area contributed by atoms with E-state index in [2.05, 4.69) is 10.1 Å². The van der Waals surface area contributed by atoms with E-state index in [1.165, 1.54) is 41.0 Å². The molecule has 0 saturated heterocycles. The van der Waals surface area contributed by atoms with Gasteiger partial charge in [-0.05, 0) is 23.8 Å². The maximum atomic E-state index is 13.0. The van der Waals surface area contributed by atoms with Gasteiger partial charge in [-0.2, -0.15) is 4.98 Å². The number of aromatic carboxylic acids is 1. The topological polar surface area (TPSA) is 93.5 Å². The van der Waals surface area contributed by atoms with Gasteiger partial charge in [0.2, 0.25) is 5.95 Å². The Balaban J connectivity index is 2.28. The van der Waals surface area contributed by atoms with E-state index in [-0.39, 0.29) is 11.5 Å². The number of nitrogens with two attached hydrogens (primary N) is 1. The molecular weight excluding hydrogens is 263 g/mol. The molecule has 0 atom stereocenters. The maximum Gasteiger partial charge on any atom is 0.336 e. The predicted molar refractivity (Wildman–Crippen MR) is 69.8 cm³/mol. The molecule has 7 heteroatoms. The zero-order valence-electron chi connectivity index (χ0n) is 10.1. The minimum Gasteiger partial charge on any atom is -0.478 e. The SMILES string of the molecule is Nc1nc2cc(C(=O)O)c(-c3ccc(F)cc3)cn2n1. The number of carboxylic acids is 1. The molecule has 0 bridgehead atoms. The first-order valence-corrected chi connectivity index (χ1v) is 5.70. The summed E-state index contributed by atoms with van der Waals surface area (Å²) in [5.41, 5.74) is 6.86. The summed E-state index contributed by atoms with van der Waals surface area (Å²) in [7, 11) is 0. The zero-order valence-corrected chi connectivity index (χ0v) is 10.1. The van der Waals surface area contributed by atoms with Gasteiger partial charge in [-0.25, -0.2) is 13.7 Å². The van der Waals surface area contributed by atoms with Crippen LogP contribution in [0.5, 0.6) is 0 Å². The molecule has 0 unspecified atom stereocenters. The average molecular weight is 272 g/mol. The molecule has 3 aromatic rings. The lowest BCUT2D eigenvalue weighted by Crippen LogP contribution is -2.02. The molecule has 100 valence electrons. The Labute approximate surface area is 112 Å². The molecule has 0 aliphatic heterocycles. The Morgan fingerprint density at radius 1 is 1.30 bits per heavy atom. The molecular formula is C13H9FN4O2. The van der Waals surface area contributed by atoms with Gasteiger partial charge in [-0.1, -0.05) is 12.1 Å². The summed E-state index contributed by atoms with van der Waals surface area (Å²) < 4.78 is 14.3. The van der Waals surface area contributed by atoms with Crippen molar-refractivity contribution in [3.05, 3.63) is 47.9 Å². The van der Waals surface area contributed by atoms with Crippen molar-refractivity contribution >= 4 is 17.6 Å². The van der Waals surface area contributed by atoms with Crippen molar-refractivity contribution in [3.63, 3.8) is 0 Å². The van der Waals surface area contributed by atoms with Crippen LogP contribution in [0, 0.1) is 5.82 Å². The van der Waals surface area contributed by atoms with E-state index in [0.29, 0.717) is 16.8 Å². The molecule has 0 aliphatic carbocycles. The van der Waals surface area contributed by atoms with Crippen LogP contribution < -0.4 is 5.73 Å². The van der Waals surface area contributed by atoms with Gasteiger partial charge >= 0.3 is 5.97 Å². The van der Waals surface area contributed by atoms with Gasteiger partial charge in [0, 0.05) is 11.8 Å². The van der Waals surface area contributed by atoms with E-state index in [1.807, 2.05) is 0 Å². The molecule has 6 nitrogen and oxygen atoms in total. The fourth-order valence-electron chi connectivity index (χ4n) is 1.98. The van der Waals surface area contributed by atoms with E-state index in [9.17, 15) is 14.3 Å². The van der Waals surface area contributed by atoms with Crippen LogP contribution in [0.25, 0.3) is 16.8 Å². The summed E-state index contributed by atoms with van der Waals surface area (Å²) in [5, 5.41) is 13.2. The molecule has 0 saturated carbocycles. The second kappa shape index (κ2) is 4.30. The number of rotatable bonds is 2. The second-order valence-corrected chi connectivity index (χ2v) is 4.19. The van der Waals surface area contributed by atoms with Crippen LogP contribution in [-0.2, 0) is 0 Å². The monoisotopic (exact) mass is 272 g/mol. The highest BCUT2D eigenvalue weighted by molar-refractivity contribution is 5.96. The lowest BCUT2D eigenvalue weighted by Gasteiger charge is -2.06. The minimum absolute atomic E-state index is 0.0523. The molecule has 0 amide bonds. The van der Waals surface area contributed by atoms with Crippen LogP contribution in [0.3, 0.4) is 0 Å². The molecule has 1 aromatic carbocycles. The van der Waals surface area contributed by atoms with Gasteiger partial charge in [0.1, 0.15) is 5.82 Å². The number of carboxylic acid groups (broad SMARTS) is 1. The molecule has 0 fully saturated rings. The highest BCUT2D eigenvalue weighted by atomic mass is 19.1. The number of halogens is 1. The average Bonchev–Trinajstić information content (AvgIpc) is 2.77. The molecule has 20 heavy (non-hydrogen) atoms. The van der Waals surface area contributed by atoms with Crippen molar-refractivity contribution in [2.24, 2.45) is 0 Å². The van der Waals surface area contributed by atoms with Crippen molar-refractivity contribution in [1.29, 1.82) is 0 Å². The lowest BCUT2D eigenvalue weighted by molar-refractivity contribution is 0.0697. The number of carbonyl (C=O) groups is 1. The van der Waals surface area contributed by atoms with Crippen LogP contribution in [0.15, 0.2) is 36.5 Å². The van der Waals surface area contributed by atoms with Crippen molar-refractivity contribution in [3.8, 4) is 11.1 Å². The Kier molecular flexibility index (Phi) is 2.60. The van der Waals surface area contributed by atoms with Crippen molar-refractivity contribution < 1.29 is 14.3 Å². The summed E-state index contributed by atoms with van der Waals surface area (Å²) in [6.45, 7) is 0.